The van der Waals surface area contributed by atoms with E-state index in [2.05, 4.69) is 5.32 Å². The minimum atomic E-state index is -4.34. The molecule has 248 valence electrons. The number of aryl methyl sites for hydroxylation is 1. The van der Waals surface area contributed by atoms with Crippen molar-refractivity contribution in [3.8, 4) is 5.75 Å². The van der Waals surface area contributed by atoms with Gasteiger partial charge in [-0.05, 0) is 60.4 Å². The predicted octanol–water partition coefficient (Wildman–Crippen LogP) is 6.92. The number of carbonyl (C=O) groups is 2. The number of benzene rings is 4. The second-order valence-corrected chi connectivity index (χ2v) is 14.3. The topological polar surface area (TPSA) is 96.0 Å². The first-order valence-electron chi connectivity index (χ1n) is 15.2. The van der Waals surface area contributed by atoms with Crippen molar-refractivity contribution in [2.24, 2.45) is 5.92 Å². The summed E-state index contributed by atoms with van der Waals surface area (Å²) in [4.78, 5) is 30.0. The van der Waals surface area contributed by atoms with Crippen LogP contribution in [-0.4, -0.2) is 51.4 Å². The highest BCUT2D eigenvalue weighted by Gasteiger charge is 2.36. The Labute approximate surface area is 287 Å². The normalized spacial score (nSPS) is 12.0. The molecule has 0 aliphatic heterocycles. The van der Waals surface area contributed by atoms with Gasteiger partial charge in [0.05, 0.1) is 17.7 Å². The van der Waals surface area contributed by atoms with Gasteiger partial charge in [0, 0.05) is 29.6 Å². The van der Waals surface area contributed by atoms with E-state index in [4.69, 9.17) is 27.9 Å². The molecule has 0 spiro atoms. The third-order valence-corrected chi connectivity index (χ3v) is 9.93. The van der Waals surface area contributed by atoms with E-state index in [1.54, 1.807) is 48.5 Å². The summed E-state index contributed by atoms with van der Waals surface area (Å²) in [7, 11) is -2.93. The van der Waals surface area contributed by atoms with Crippen LogP contribution in [0.25, 0.3) is 0 Å². The highest BCUT2D eigenvalue weighted by molar-refractivity contribution is 7.92. The van der Waals surface area contributed by atoms with Gasteiger partial charge in [0.2, 0.25) is 11.8 Å². The second kappa shape index (κ2) is 16.2. The summed E-state index contributed by atoms with van der Waals surface area (Å²) >= 11 is 12.9. The Morgan fingerprint density at radius 1 is 0.894 bits per heavy atom. The van der Waals surface area contributed by atoms with Crippen LogP contribution in [0.3, 0.4) is 0 Å². The molecule has 0 aromatic heterocycles. The fraction of sp³-hybridized carbons (Fsp3) is 0.278. The number of carbonyl (C=O) groups excluding carboxylic acids is 2. The summed E-state index contributed by atoms with van der Waals surface area (Å²) in [5.41, 5.74) is 2.38. The largest absolute Gasteiger partial charge is 0.495 e. The average molecular weight is 697 g/mol. The van der Waals surface area contributed by atoms with Gasteiger partial charge in [0.25, 0.3) is 10.0 Å². The Morgan fingerprint density at radius 3 is 2.19 bits per heavy atom. The van der Waals surface area contributed by atoms with E-state index in [1.807, 2.05) is 51.1 Å². The lowest BCUT2D eigenvalue weighted by Gasteiger charge is -2.34. The van der Waals surface area contributed by atoms with Gasteiger partial charge in [-0.25, -0.2) is 8.42 Å². The number of hydrogen-bond donors (Lipinski definition) is 1. The number of methoxy groups -OCH3 is 1. The smallest absolute Gasteiger partial charge is 0.264 e. The van der Waals surface area contributed by atoms with E-state index in [0.29, 0.717) is 17.1 Å². The monoisotopic (exact) mass is 695 g/mol. The highest BCUT2D eigenvalue weighted by atomic mass is 35.5. The maximum Gasteiger partial charge on any atom is 0.264 e. The minimum absolute atomic E-state index is 0.0221. The molecule has 0 aliphatic carbocycles. The number of hydrogen-bond acceptors (Lipinski definition) is 5. The maximum atomic E-state index is 14.7. The van der Waals surface area contributed by atoms with E-state index in [1.165, 1.54) is 30.2 Å². The van der Waals surface area contributed by atoms with Crippen LogP contribution in [0.15, 0.2) is 102 Å². The Kier molecular flexibility index (Phi) is 12.3. The Hall–Kier alpha value is -4.05. The zero-order valence-electron chi connectivity index (χ0n) is 26.8. The molecule has 0 aliphatic rings. The van der Waals surface area contributed by atoms with Crippen molar-refractivity contribution in [3.63, 3.8) is 0 Å². The Bertz CT molecular complexity index is 1780. The van der Waals surface area contributed by atoms with Crippen LogP contribution >= 0.6 is 23.2 Å². The molecule has 0 saturated carbocycles. The first-order valence-corrected chi connectivity index (χ1v) is 17.4. The number of sulfonamides is 1. The van der Waals surface area contributed by atoms with Crippen LogP contribution in [-0.2, 0) is 32.6 Å². The maximum absolute atomic E-state index is 14.7. The van der Waals surface area contributed by atoms with Crippen molar-refractivity contribution in [2.75, 3.05) is 24.5 Å². The van der Waals surface area contributed by atoms with Gasteiger partial charge >= 0.3 is 0 Å². The third kappa shape index (κ3) is 9.28. The van der Waals surface area contributed by atoms with Crippen LogP contribution in [0, 0.1) is 12.8 Å². The van der Waals surface area contributed by atoms with Gasteiger partial charge in [0.1, 0.15) is 18.3 Å². The molecule has 1 unspecified atom stereocenters. The van der Waals surface area contributed by atoms with Crippen LogP contribution in [0.4, 0.5) is 5.69 Å². The molecule has 0 fully saturated rings. The van der Waals surface area contributed by atoms with Crippen molar-refractivity contribution in [1.82, 2.24) is 10.2 Å². The van der Waals surface area contributed by atoms with Crippen LogP contribution in [0.1, 0.15) is 30.5 Å². The lowest BCUT2D eigenvalue weighted by molar-refractivity contribution is -0.140. The number of ether oxygens (including phenoxy) is 1. The van der Waals surface area contributed by atoms with E-state index in [0.717, 1.165) is 15.4 Å². The molecule has 0 radical (unpaired) electrons. The summed E-state index contributed by atoms with van der Waals surface area (Å²) in [6.07, 6.45) is 0.187. The molecule has 1 atom stereocenters. The molecule has 11 heteroatoms. The van der Waals surface area contributed by atoms with Gasteiger partial charge < -0.3 is 15.0 Å². The SMILES string of the molecule is COc1ccc(Cl)cc1N(CC(=O)N(Cc1ccccc1Cl)C(Cc1ccccc1)C(=O)NCC(C)C)S(=O)(=O)c1ccc(C)cc1. The molecule has 2 amide bonds. The average Bonchev–Trinajstić information content (AvgIpc) is 3.05. The number of nitrogens with zero attached hydrogens (tertiary/aromatic N) is 2. The zero-order chi connectivity index (χ0) is 34.1. The molecular weight excluding hydrogens is 657 g/mol. The minimum Gasteiger partial charge on any atom is -0.495 e. The van der Waals surface area contributed by atoms with E-state index >= 15 is 0 Å². The van der Waals surface area contributed by atoms with Crippen molar-refractivity contribution < 1.29 is 22.7 Å². The van der Waals surface area contributed by atoms with E-state index in [-0.39, 0.29) is 46.1 Å². The standard InChI is InChI=1S/C36H39Cl2N3O5S/c1-25(2)22-39-36(43)33(20-27-10-6-5-7-11-27)40(23-28-12-8-9-13-31(28)38)35(42)24-41(32-21-29(37)16-19-34(32)46-4)47(44,45)30-17-14-26(3)15-18-30/h5-19,21,25,33H,20,22-24H2,1-4H3,(H,39,43). The van der Waals surface area contributed by atoms with Crippen molar-refractivity contribution in [3.05, 3.63) is 124 Å². The Morgan fingerprint density at radius 2 is 1.55 bits per heavy atom. The van der Waals surface area contributed by atoms with Gasteiger partial charge in [-0.2, -0.15) is 0 Å². The molecule has 0 saturated heterocycles. The summed E-state index contributed by atoms with van der Waals surface area (Å²) in [5, 5.41) is 3.63. The molecule has 8 nitrogen and oxygen atoms in total. The molecule has 4 aromatic carbocycles. The second-order valence-electron chi connectivity index (χ2n) is 11.6. The number of halogens is 2. The van der Waals surface area contributed by atoms with Crippen LogP contribution < -0.4 is 14.4 Å². The van der Waals surface area contributed by atoms with E-state index in [9.17, 15) is 18.0 Å². The summed E-state index contributed by atoms with van der Waals surface area (Å²) in [6.45, 7) is 5.50. The lowest BCUT2D eigenvalue weighted by Crippen LogP contribution is -2.53. The molecule has 4 rings (SSSR count). The van der Waals surface area contributed by atoms with Gasteiger partial charge in [-0.15, -0.1) is 0 Å². The van der Waals surface area contributed by atoms with Gasteiger partial charge in [0.15, 0.2) is 0 Å². The van der Waals surface area contributed by atoms with Crippen LogP contribution in [0.2, 0.25) is 10.0 Å². The molecule has 0 heterocycles. The predicted molar refractivity (Wildman–Crippen MR) is 187 cm³/mol. The number of amides is 2. The molecule has 47 heavy (non-hydrogen) atoms. The first-order chi connectivity index (χ1) is 22.4. The highest BCUT2D eigenvalue weighted by Crippen LogP contribution is 2.35. The van der Waals surface area contributed by atoms with Gasteiger partial charge in [-0.1, -0.05) is 103 Å². The molecule has 0 bridgehead atoms. The number of nitrogens with one attached hydrogen (secondary N) is 1. The first kappa shape index (κ1) is 35.8. The van der Waals surface area contributed by atoms with E-state index < -0.39 is 28.5 Å². The lowest BCUT2D eigenvalue weighted by atomic mass is 10.0. The summed E-state index contributed by atoms with van der Waals surface area (Å²) in [6, 6.07) is 26.3. The zero-order valence-corrected chi connectivity index (χ0v) is 29.1. The van der Waals surface area contributed by atoms with Crippen LogP contribution in [0.5, 0.6) is 5.75 Å². The molecular formula is C36H39Cl2N3O5S. The van der Waals surface area contributed by atoms with Gasteiger partial charge in [-0.3, -0.25) is 13.9 Å². The fourth-order valence-electron chi connectivity index (χ4n) is 5.00. The number of anilines is 1. The summed E-state index contributed by atoms with van der Waals surface area (Å²) in [5.74, 6) is -0.625. The molecule has 1 N–H and O–H groups in total. The van der Waals surface area contributed by atoms with Crippen molar-refractivity contribution in [1.29, 1.82) is 0 Å². The quantitative estimate of drug-likeness (QED) is 0.155. The summed E-state index contributed by atoms with van der Waals surface area (Å²) < 4.78 is 35.2. The Balaban J connectivity index is 1.86. The third-order valence-electron chi connectivity index (χ3n) is 7.55. The number of rotatable bonds is 14. The van der Waals surface area contributed by atoms with Crippen molar-refractivity contribution in [2.45, 2.75) is 44.7 Å². The molecule has 4 aromatic rings. The van der Waals surface area contributed by atoms with Crippen molar-refractivity contribution >= 4 is 50.7 Å². The fourth-order valence-corrected chi connectivity index (χ4v) is 6.77.